The summed E-state index contributed by atoms with van der Waals surface area (Å²) in [6, 6.07) is 8.37. The van der Waals surface area contributed by atoms with Crippen LogP contribution in [-0.4, -0.2) is 28.5 Å². The normalized spacial score (nSPS) is 11.9. The van der Waals surface area contributed by atoms with E-state index in [-0.39, 0.29) is 17.5 Å². The van der Waals surface area contributed by atoms with Gasteiger partial charge >= 0.3 is 5.97 Å². The molecule has 0 saturated heterocycles. The minimum absolute atomic E-state index is 0.00270. The molecule has 0 radical (unpaired) electrons. The van der Waals surface area contributed by atoms with Gasteiger partial charge in [0.25, 0.3) is 0 Å². The van der Waals surface area contributed by atoms with E-state index < -0.39 is 5.97 Å². The molecule has 0 aliphatic rings. The zero-order chi connectivity index (χ0) is 17.5. The van der Waals surface area contributed by atoms with E-state index in [9.17, 15) is 9.59 Å². The zero-order valence-corrected chi connectivity index (χ0v) is 14.7. The Morgan fingerprint density at radius 1 is 1.29 bits per heavy atom. The van der Waals surface area contributed by atoms with Crippen molar-refractivity contribution in [3.63, 3.8) is 0 Å². The average molecular weight is 346 g/mol. The summed E-state index contributed by atoms with van der Waals surface area (Å²) in [7, 11) is 0. The Labute approximate surface area is 145 Å². The van der Waals surface area contributed by atoms with Crippen LogP contribution in [0, 0.1) is 0 Å². The van der Waals surface area contributed by atoms with E-state index in [0.717, 1.165) is 17.0 Å². The number of nitrogens with one attached hydrogen (secondary N) is 1. The number of carbonyl (C=O) groups excluding carboxylic acids is 1. The van der Waals surface area contributed by atoms with Crippen LogP contribution in [0.25, 0.3) is 0 Å². The molecular formula is C18H22N2O3S. The van der Waals surface area contributed by atoms with E-state index in [4.69, 9.17) is 5.11 Å². The van der Waals surface area contributed by atoms with Crippen LogP contribution in [0.1, 0.15) is 52.8 Å². The Hall–Kier alpha value is -2.21. The minimum atomic E-state index is -1.02. The highest BCUT2D eigenvalue weighted by Gasteiger charge is 2.12. The highest BCUT2D eigenvalue weighted by Crippen LogP contribution is 2.19. The molecule has 0 aliphatic heterocycles. The smallest absolute Gasteiger partial charge is 0.355 e. The maximum atomic E-state index is 12.0. The first-order valence-electron chi connectivity index (χ1n) is 8.02. The molecule has 1 heterocycles. The zero-order valence-electron chi connectivity index (χ0n) is 13.9. The lowest BCUT2D eigenvalue weighted by molar-refractivity contribution is -0.121. The monoisotopic (exact) mass is 346 g/mol. The number of thiazole rings is 1. The SMILES string of the molecule is CCc1ccc(C(C)CC(=O)NCCc2nc(C(=O)O)cs2)cc1. The summed E-state index contributed by atoms with van der Waals surface area (Å²) in [6.07, 6.45) is 1.99. The standard InChI is InChI=1S/C18H22N2O3S/c1-3-13-4-6-14(7-5-13)12(2)10-16(21)19-9-8-17-20-15(11-24-17)18(22)23/h4-7,11-12H,3,8-10H2,1-2H3,(H,19,21)(H,22,23). The third-order valence-corrected chi connectivity index (χ3v) is 4.79. The largest absolute Gasteiger partial charge is 0.476 e. The number of hydrogen-bond donors (Lipinski definition) is 2. The number of aryl methyl sites for hydroxylation is 1. The second kappa shape index (κ2) is 8.59. The van der Waals surface area contributed by atoms with Crippen LogP contribution in [0.5, 0.6) is 0 Å². The van der Waals surface area contributed by atoms with Crippen LogP contribution in [-0.2, 0) is 17.6 Å². The van der Waals surface area contributed by atoms with Crippen LogP contribution in [0.15, 0.2) is 29.6 Å². The van der Waals surface area contributed by atoms with Crippen molar-refractivity contribution < 1.29 is 14.7 Å². The first-order valence-corrected chi connectivity index (χ1v) is 8.90. The van der Waals surface area contributed by atoms with Crippen molar-refractivity contribution in [3.05, 3.63) is 51.5 Å². The molecular weight excluding hydrogens is 324 g/mol. The summed E-state index contributed by atoms with van der Waals surface area (Å²) in [5.74, 6) is -0.865. The van der Waals surface area contributed by atoms with Crippen molar-refractivity contribution in [2.45, 2.75) is 39.0 Å². The third kappa shape index (κ3) is 5.16. The van der Waals surface area contributed by atoms with Crippen molar-refractivity contribution in [3.8, 4) is 0 Å². The Balaban J connectivity index is 1.76. The molecule has 2 N–H and O–H groups in total. The Morgan fingerprint density at radius 2 is 2.00 bits per heavy atom. The van der Waals surface area contributed by atoms with Gasteiger partial charge in [-0.2, -0.15) is 0 Å². The molecule has 1 unspecified atom stereocenters. The molecule has 2 rings (SSSR count). The molecule has 0 spiro atoms. The molecule has 1 atom stereocenters. The average Bonchev–Trinajstić information content (AvgIpc) is 3.04. The summed E-state index contributed by atoms with van der Waals surface area (Å²) >= 11 is 1.30. The Morgan fingerprint density at radius 3 is 2.58 bits per heavy atom. The Kier molecular flexibility index (Phi) is 6.49. The highest BCUT2D eigenvalue weighted by molar-refractivity contribution is 7.09. The fourth-order valence-electron chi connectivity index (χ4n) is 2.38. The van der Waals surface area contributed by atoms with Gasteiger partial charge < -0.3 is 10.4 Å². The lowest BCUT2D eigenvalue weighted by atomic mass is 9.96. The summed E-state index contributed by atoms with van der Waals surface area (Å²) in [6.45, 7) is 4.63. The summed E-state index contributed by atoms with van der Waals surface area (Å²) in [4.78, 5) is 26.8. The Bertz CT molecular complexity index is 695. The predicted octanol–water partition coefficient (Wildman–Crippen LogP) is 3.26. The van der Waals surface area contributed by atoms with Crippen LogP contribution < -0.4 is 5.32 Å². The molecule has 2 aromatic rings. The van der Waals surface area contributed by atoms with Crippen LogP contribution in [0.2, 0.25) is 0 Å². The molecule has 5 nitrogen and oxygen atoms in total. The van der Waals surface area contributed by atoms with E-state index in [2.05, 4.69) is 41.5 Å². The first-order chi connectivity index (χ1) is 11.5. The number of rotatable bonds is 8. The summed E-state index contributed by atoms with van der Waals surface area (Å²) < 4.78 is 0. The lowest BCUT2D eigenvalue weighted by Gasteiger charge is -2.12. The topological polar surface area (TPSA) is 79.3 Å². The molecule has 1 amide bonds. The van der Waals surface area contributed by atoms with Gasteiger partial charge in [0, 0.05) is 24.8 Å². The van der Waals surface area contributed by atoms with E-state index in [1.54, 1.807) is 0 Å². The maximum absolute atomic E-state index is 12.0. The van der Waals surface area contributed by atoms with Gasteiger partial charge in [-0.3, -0.25) is 4.79 Å². The number of carbonyl (C=O) groups is 2. The summed E-state index contributed by atoms with van der Waals surface area (Å²) in [5, 5.41) is 13.9. The third-order valence-electron chi connectivity index (χ3n) is 3.88. The number of benzene rings is 1. The second-order valence-electron chi connectivity index (χ2n) is 5.73. The van der Waals surface area contributed by atoms with Gasteiger partial charge in [0.05, 0.1) is 5.01 Å². The quantitative estimate of drug-likeness (QED) is 0.769. The van der Waals surface area contributed by atoms with Crippen molar-refractivity contribution in [1.82, 2.24) is 10.3 Å². The van der Waals surface area contributed by atoms with Gasteiger partial charge in [-0.15, -0.1) is 11.3 Å². The molecule has 1 aromatic carbocycles. The van der Waals surface area contributed by atoms with Gasteiger partial charge in [-0.1, -0.05) is 38.1 Å². The fourth-order valence-corrected chi connectivity index (χ4v) is 3.15. The van der Waals surface area contributed by atoms with Gasteiger partial charge in [0.1, 0.15) is 0 Å². The molecule has 0 saturated carbocycles. The van der Waals surface area contributed by atoms with Gasteiger partial charge in [0.2, 0.25) is 5.91 Å². The van der Waals surface area contributed by atoms with Crippen LogP contribution >= 0.6 is 11.3 Å². The number of carboxylic acid groups (broad SMARTS) is 1. The number of aromatic nitrogens is 1. The van der Waals surface area contributed by atoms with Gasteiger partial charge in [0.15, 0.2) is 5.69 Å². The van der Waals surface area contributed by atoms with Gasteiger partial charge in [-0.05, 0) is 23.5 Å². The van der Waals surface area contributed by atoms with Crippen molar-refractivity contribution in [1.29, 1.82) is 0 Å². The van der Waals surface area contributed by atoms with E-state index in [0.29, 0.717) is 19.4 Å². The maximum Gasteiger partial charge on any atom is 0.355 e. The number of nitrogens with zero attached hydrogens (tertiary/aromatic N) is 1. The van der Waals surface area contributed by atoms with Crippen LogP contribution in [0.3, 0.4) is 0 Å². The molecule has 6 heteroatoms. The second-order valence-corrected chi connectivity index (χ2v) is 6.67. The lowest BCUT2D eigenvalue weighted by Crippen LogP contribution is -2.26. The minimum Gasteiger partial charge on any atom is -0.476 e. The molecule has 1 aromatic heterocycles. The van der Waals surface area contributed by atoms with E-state index >= 15 is 0 Å². The van der Waals surface area contributed by atoms with Crippen molar-refractivity contribution in [2.75, 3.05) is 6.54 Å². The van der Waals surface area contributed by atoms with Crippen molar-refractivity contribution in [2.24, 2.45) is 0 Å². The van der Waals surface area contributed by atoms with Gasteiger partial charge in [-0.25, -0.2) is 9.78 Å². The molecule has 0 fully saturated rings. The highest BCUT2D eigenvalue weighted by atomic mass is 32.1. The fraction of sp³-hybridized carbons (Fsp3) is 0.389. The number of hydrogen-bond acceptors (Lipinski definition) is 4. The number of aromatic carboxylic acids is 1. The molecule has 128 valence electrons. The van der Waals surface area contributed by atoms with E-state index in [1.165, 1.54) is 22.3 Å². The van der Waals surface area contributed by atoms with Crippen LogP contribution in [0.4, 0.5) is 0 Å². The molecule has 0 aliphatic carbocycles. The van der Waals surface area contributed by atoms with Crippen molar-refractivity contribution >= 4 is 23.2 Å². The molecule has 0 bridgehead atoms. The molecule has 24 heavy (non-hydrogen) atoms. The summed E-state index contributed by atoms with van der Waals surface area (Å²) in [5.41, 5.74) is 2.51. The number of carboxylic acids is 1. The van der Waals surface area contributed by atoms with E-state index in [1.807, 2.05) is 6.92 Å². The predicted molar refractivity (Wildman–Crippen MR) is 94.6 cm³/mol. The number of amides is 1. The first kappa shape index (κ1) is 18.1.